The number of hydrogen-bond acceptors (Lipinski definition) is 5. The van der Waals surface area contributed by atoms with Gasteiger partial charge >= 0.3 is 5.88 Å². The fourth-order valence-electron chi connectivity index (χ4n) is 2.26. The molecule has 24 heavy (non-hydrogen) atoms. The third kappa shape index (κ3) is 3.49. The number of nitrogens with zero attached hydrogens (tertiary/aromatic N) is 3. The molecule has 0 aliphatic rings. The number of benzene rings is 1. The first-order chi connectivity index (χ1) is 11.6. The van der Waals surface area contributed by atoms with Gasteiger partial charge < -0.3 is 9.73 Å². The van der Waals surface area contributed by atoms with Crippen LogP contribution in [0.3, 0.4) is 0 Å². The van der Waals surface area contributed by atoms with Crippen LogP contribution in [0.2, 0.25) is 0 Å². The molecule has 3 rings (SSSR count). The van der Waals surface area contributed by atoms with E-state index in [0.29, 0.717) is 6.54 Å². The molecule has 0 saturated carbocycles. The van der Waals surface area contributed by atoms with Crippen molar-refractivity contribution in [2.75, 3.05) is 0 Å². The smallest absolute Gasteiger partial charge is 0.395 e. The molecule has 0 atom stereocenters. The molecule has 122 valence electrons. The van der Waals surface area contributed by atoms with E-state index in [2.05, 4.69) is 10.4 Å². The lowest BCUT2D eigenvalue weighted by Gasteiger charge is -2.10. The van der Waals surface area contributed by atoms with Crippen LogP contribution >= 0.6 is 0 Å². The number of furan rings is 1. The molecule has 0 unspecified atom stereocenters. The lowest BCUT2D eigenvalue weighted by Crippen LogP contribution is -2.23. The van der Waals surface area contributed by atoms with Crippen molar-refractivity contribution in [2.24, 2.45) is 0 Å². The van der Waals surface area contributed by atoms with Crippen molar-refractivity contribution in [3.8, 4) is 0 Å². The first kappa shape index (κ1) is 15.5. The zero-order valence-corrected chi connectivity index (χ0v) is 12.6. The van der Waals surface area contributed by atoms with Gasteiger partial charge in [0.2, 0.25) is 0 Å². The Morgan fingerprint density at radius 2 is 2.00 bits per heavy atom. The van der Waals surface area contributed by atoms with Gasteiger partial charge in [-0.3, -0.25) is 19.6 Å². The molecule has 0 saturated heterocycles. The largest absolute Gasteiger partial charge is 0.433 e. The van der Waals surface area contributed by atoms with Gasteiger partial charge in [-0.25, -0.2) is 0 Å². The summed E-state index contributed by atoms with van der Waals surface area (Å²) in [5.74, 6) is -1.05. The van der Waals surface area contributed by atoms with Crippen molar-refractivity contribution in [2.45, 2.75) is 13.1 Å². The SMILES string of the molecule is O=C(NCc1ccccc1Cn1cccn1)c1ccc([N+](=O)[O-])o1. The maximum Gasteiger partial charge on any atom is 0.433 e. The van der Waals surface area contributed by atoms with Gasteiger partial charge in [-0.15, -0.1) is 0 Å². The van der Waals surface area contributed by atoms with Crippen molar-refractivity contribution in [3.63, 3.8) is 0 Å². The zero-order valence-electron chi connectivity index (χ0n) is 12.6. The molecule has 0 fully saturated rings. The predicted octanol–water partition coefficient (Wildman–Crippen LogP) is 2.36. The molecular formula is C16H14N4O4. The molecule has 0 aliphatic carbocycles. The van der Waals surface area contributed by atoms with Gasteiger partial charge in [0.05, 0.1) is 12.6 Å². The predicted molar refractivity (Wildman–Crippen MR) is 84.3 cm³/mol. The van der Waals surface area contributed by atoms with Crippen LogP contribution in [0.15, 0.2) is 59.3 Å². The summed E-state index contributed by atoms with van der Waals surface area (Å²) in [6, 6.07) is 11.9. The summed E-state index contributed by atoms with van der Waals surface area (Å²) in [6.45, 7) is 0.871. The van der Waals surface area contributed by atoms with Gasteiger partial charge in [-0.05, 0) is 23.3 Å². The molecule has 3 aromatic rings. The summed E-state index contributed by atoms with van der Waals surface area (Å²) < 4.78 is 6.67. The van der Waals surface area contributed by atoms with Crippen LogP contribution in [0.4, 0.5) is 5.88 Å². The van der Waals surface area contributed by atoms with Crippen molar-refractivity contribution in [1.29, 1.82) is 0 Å². The summed E-state index contributed by atoms with van der Waals surface area (Å²) in [5.41, 5.74) is 1.95. The molecule has 0 spiro atoms. The summed E-state index contributed by atoms with van der Waals surface area (Å²) >= 11 is 0. The Labute approximate surface area is 136 Å². The van der Waals surface area contributed by atoms with Crippen LogP contribution in [0.5, 0.6) is 0 Å². The minimum Gasteiger partial charge on any atom is -0.395 e. The molecule has 2 aromatic heterocycles. The van der Waals surface area contributed by atoms with Gasteiger partial charge in [-0.1, -0.05) is 24.3 Å². The second kappa shape index (κ2) is 6.78. The fourth-order valence-corrected chi connectivity index (χ4v) is 2.26. The molecule has 1 aromatic carbocycles. The van der Waals surface area contributed by atoms with E-state index in [1.807, 2.05) is 36.5 Å². The number of carbonyl (C=O) groups is 1. The van der Waals surface area contributed by atoms with Crippen molar-refractivity contribution in [1.82, 2.24) is 15.1 Å². The van der Waals surface area contributed by atoms with Crippen LogP contribution in [-0.4, -0.2) is 20.6 Å². The Balaban J connectivity index is 1.67. The average molecular weight is 326 g/mol. The second-order valence-electron chi connectivity index (χ2n) is 5.05. The van der Waals surface area contributed by atoms with E-state index in [9.17, 15) is 14.9 Å². The number of rotatable bonds is 6. The quantitative estimate of drug-likeness (QED) is 0.553. The number of aromatic nitrogens is 2. The summed E-state index contributed by atoms with van der Waals surface area (Å²) in [6.07, 6.45) is 3.56. The maximum absolute atomic E-state index is 12.0. The van der Waals surface area contributed by atoms with Crippen LogP contribution in [0, 0.1) is 10.1 Å². The molecule has 1 N–H and O–H groups in total. The summed E-state index contributed by atoms with van der Waals surface area (Å²) in [4.78, 5) is 21.9. The van der Waals surface area contributed by atoms with Crippen LogP contribution in [-0.2, 0) is 13.1 Å². The van der Waals surface area contributed by atoms with E-state index < -0.39 is 16.7 Å². The van der Waals surface area contributed by atoms with E-state index >= 15 is 0 Å². The molecule has 0 bridgehead atoms. The number of hydrogen-bond donors (Lipinski definition) is 1. The lowest BCUT2D eigenvalue weighted by molar-refractivity contribution is -0.402. The summed E-state index contributed by atoms with van der Waals surface area (Å²) in [5, 5.41) is 17.5. The van der Waals surface area contributed by atoms with Crippen molar-refractivity contribution < 1.29 is 14.1 Å². The normalized spacial score (nSPS) is 10.5. The molecule has 0 radical (unpaired) electrons. The number of nitrogens with one attached hydrogen (secondary N) is 1. The maximum atomic E-state index is 12.0. The Morgan fingerprint density at radius 3 is 2.67 bits per heavy atom. The molecule has 1 amide bonds. The molecule has 8 nitrogen and oxygen atoms in total. The second-order valence-corrected chi connectivity index (χ2v) is 5.05. The topological polar surface area (TPSA) is 103 Å². The number of carbonyl (C=O) groups excluding carboxylic acids is 1. The highest BCUT2D eigenvalue weighted by molar-refractivity contribution is 5.91. The molecule has 0 aliphatic heterocycles. The lowest BCUT2D eigenvalue weighted by atomic mass is 10.1. The average Bonchev–Trinajstić information content (AvgIpc) is 3.25. The monoisotopic (exact) mass is 326 g/mol. The van der Waals surface area contributed by atoms with Crippen LogP contribution < -0.4 is 5.32 Å². The van der Waals surface area contributed by atoms with E-state index in [1.165, 1.54) is 6.07 Å². The number of nitro groups is 1. The third-order valence-electron chi connectivity index (χ3n) is 3.44. The van der Waals surface area contributed by atoms with E-state index in [-0.39, 0.29) is 12.3 Å². The summed E-state index contributed by atoms with van der Waals surface area (Å²) in [7, 11) is 0. The van der Waals surface area contributed by atoms with Crippen molar-refractivity contribution >= 4 is 11.8 Å². The molecular weight excluding hydrogens is 312 g/mol. The van der Waals surface area contributed by atoms with Gasteiger partial charge in [-0.2, -0.15) is 5.10 Å². The molecule has 8 heteroatoms. The standard InChI is InChI=1S/C16H14N4O4/c21-16(14-6-7-15(24-14)20(22)23)17-10-12-4-1-2-5-13(12)11-19-9-3-8-18-19/h1-9H,10-11H2,(H,17,21). The van der Waals surface area contributed by atoms with Crippen LogP contribution in [0.25, 0.3) is 0 Å². The Kier molecular flexibility index (Phi) is 4.37. The van der Waals surface area contributed by atoms with Crippen LogP contribution in [0.1, 0.15) is 21.7 Å². The highest BCUT2D eigenvalue weighted by Crippen LogP contribution is 2.16. The first-order valence-corrected chi connectivity index (χ1v) is 7.20. The van der Waals surface area contributed by atoms with Gasteiger partial charge in [0.1, 0.15) is 4.92 Å². The van der Waals surface area contributed by atoms with Gasteiger partial charge in [0.25, 0.3) is 5.91 Å². The first-order valence-electron chi connectivity index (χ1n) is 7.20. The minimum absolute atomic E-state index is 0.0914. The van der Waals surface area contributed by atoms with Gasteiger partial charge in [0.15, 0.2) is 5.76 Å². The number of amides is 1. The van der Waals surface area contributed by atoms with E-state index in [1.54, 1.807) is 10.9 Å². The van der Waals surface area contributed by atoms with E-state index in [0.717, 1.165) is 17.2 Å². The third-order valence-corrected chi connectivity index (χ3v) is 3.44. The molecule has 2 heterocycles. The van der Waals surface area contributed by atoms with Crippen molar-refractivity contribution in [3.05, 3.63) is 81.9 Å². The fraction of sp³-hybridized carbons (Fsp3) is 0.125. The minimum atomic E-state index is -0.684. The highest BCUT2D eigenvalue weighted by atomic mass is 16.6. The Morgan fingerprint density at radius 1 is 1.21 bits per heavy atom. The Bertz CT molecular complexity index is 855. The highest BCUT2D eigenvalue weighted by Gasteiger charge is 2.17. The zero-order chi connectivity index (χ0) is 16.9. The Hall–Kier alpha value is -3.42. The van der Waals surface area contributed by atoms with Gasteiger partial charge in [0, 0.05) is 18.9 Å². The van der Waals surface area contributed by atoms with E-state index in [4.69, 9.17) is 4.42 Å².